The number of carbonyl (C=O) groups is 2. The van der Waals surface area contributed by atoms with Crippen molar-refractivity contribution in [1.29, 1.82) is 0 Å². The lowest BCUT2D eigenvalue weighted by atomic mass is 10.1. The van der Waals surface area contributed by atoms with Crippen LogP contribution in [0.1, 0.15) is 32.1 Å². The molecule has 2 aromatic carbocycles. The first-order valence-corrected chi connectivity index (χ1v) is 11.6. The summed E-state index contributed by atoms with van der Waals surface area (Å²) in [4.78, 5) is 24.9. The normalized spacial score (nSPS) is 12.6. The zero-order chi connectivity index (χ0) is 24.6. The van der Waals surface area contributed by atoms with Crippen molar-refractivity contribution in [2.45, 2.75) is 18.7 Å². The minimum Gasteiger partial charge on any atom is -0.454 e. The number of benzene rings is 2. The van der Waals surface area contributed by atoms with Crippen LogP contribution in [0.15, 0.2) is 47.4 Å². The maximum Gasteiger partial charge on any atom is 0.341 e. The van der Waals surface area contributed by atoms with Gasteiger partial charge in [-0.25, -0.2) is 22.3 Å². The van der Waals surface area contributed by atoms with Crippen LogP contribution in [0.3, 0.4) is 0 Å². The number of sulfonamides is 1. The number of nitrogens with one attached hydrogen (secondary N) is 1. The van der Waals surface area contributed by atoms with Gasteiger partial charge in [0.1, 0.15) is 5.82 Å². The number of Topliss-reactive ketones (excluding diaryl/α,β-unsaturated/α-hetero) is 1. The number of hydrogen-bond donors (Lipinski definition) is 1. The van der Waals surface area contributed by atoms with E-state index < -0.39 is 39.8 Å². The second kappa shape index (κ2) is 8.92. The SMILES string of the molecule is CNS(=O)(=O)c1ccc(F)c(C(=O)OCC(=O)c2cc(C)n(-c3ccc4c(c3)OCO4)c2C)c1. The molecule has 11 heteroatoms. The van der Waals surface area contributed by atoms with Crippen molar-refractivity contribution in [1.82, 2.24) is 9.29 Å². The molecule has 178 valence electrons. The number of halogens is 1. The van der Waals surface area contributed by atoms with Gasteiger partial charge in [0.2, 0.25) is 22.6 Å². The molecular formula is C23H21FN2O7S. The van der Waals surface area contributed by atoms with Crippen molar-refractivity contribution in [2.75, 3.05) is 20.4 Å². The predicted octanol–water partition coefficient (Wildman–Crippen LogP) is 2.91. The average molecular weight is 488 g/mol. The number of aryl methyl sites for hydroxylation is 1. The van der Waals surface area contributed by atoms with Crippen LogP contribution in [-0.2, 0) is 14.8 Å². The first kappa shape index (κ1) is 23.5. The van der Waals surface area contributed by atoms with E-state index in [1.54, 1.807) is 25.1 Å². The number of carbonyl (C=O) groups excluding carboxylic acids is 2. The fourth-order valence-corrected chi connectivity index (χ4v) is 4.46. The Hall–Kier alpha value is -3.70. The van der Waals surface area contributed by atoms with Crippen LogP contribution in [0.4, 0.5) is 4.39 Å². The molecule has 0 saturated heterocycles. The topological polar surface area (TPSA) is 113 Å². The van der Waals surface area contributed by atoms with Crippen LogP contribution in [0.2, 0.25) is 0 Å². The summed E-state index contributed by atoms with van der Waals surface area (Å²) in [5, 5.41) is 0. The number of rotatable bonds is 7. The summed E-state index contributed by atoms with van der Waals surface area (Å²) in [6.07, 6.45) is 0. The van der Waals surface area contributed by atoms with E-state index in [-0.39, 0.29) is 11.7 Å². The Morgan fingerprint density at radius 3 is 2.53 bits per heavy atom. The fraction of sp³-hybridized carbons (Fsp3) is 0.217. The van der Waals surface area contributed by atoms with E-state index in [0.717, 1.165) is 29.6 Å². The third-order valence-electron chi connectivity index (χ3n) is 5.42. The molecule has 0 radical (unpaired) electrons. The molecule has 0 fully saturated rings. The number of aromatic nitrogens is 1. The Labute approximate surface area is 195 Å². The number of fused-ring (bicyclic) bond motifs is 1. The van der Waals surface area contributed by atoms with Gasteiger partial charge in [-0.2, -0.15) is 0 Å². The summed E-state index contributed by atoms with van der Waals surface area (Å²) in [6.45, 7) is 3.07. The Balaban J connectivity index is 1.53. The lowest BCUT2D eigenvalue weighted by molar-refractivity contribution is 0.0469. The zero-order valence-corrected chi connectivity index (χ0v) is 19.4. The van der Waals surface area contributed by atoms with Crippen molar-refractivity contribution >= 4 is 21.8 Å². The first-order valence-electron chi connectivity index (χ1n) is 10.1. The van der Waals surface area contributed by atoms with E-state index in [2.05, 4.69) is 4.72 Å². The Morgan fingerprint density at radius 2 is 1.79 bits per heavy atom. The third kappa shape index (κ3) is 4.27. The predicted molar refractivity (Wildman–Crippen MR) is 119 cm³/mol. The molecule has 0 atom stereocenters. The molecule has 1 N–H and O–H groups in total. The van der Waals surface area contributed by atoms with Gasteiger partial charge in [0.15, 0.2) is 18.1 Å². The number of esters is 1. The number of hydrogen-bond acceptors (Lipinski definition) is 7. The van der Waals surface area contributed by atoms with Crippen LogP contribution in [0.5, 0.6) is 11.5 Å². The van der Waals surface area contributed by atoms with Gasteiger partial charge in [-0.1, -0.05) is 0 Å². The van der Waals surface area contributed by atoms with Crippen molar-refractivity contribution in [3.8, 4) is 17.2 Å². The molecule has 1 aromatic heterocycles. The Kier molecular flexibility index (Phi) is 6.15. The highest BCUT2D eigenvalue weighted by Crippen LogP contribution is 2.35. The van der Waals surface area contributed by atoms with E-state index in [4.69, 9.17) is 14.2 Å². The standard InChI is InChI=1S/C23H21FN2O7S/c1-13-8-17(14(2)26(13)15-4-7-21-22(9-15)33-12-32-21)20(27)11-31-23(28)18-10-16(5-6-19(18)24)34(29,30)25-3/h4-10,25H,11-12H2,1-3H3. The summed E-state index contributed by atoms with van der Waals surface area (Å²) in [5.41, 5.74) is 1.89. The smallest absolute Gasteiger partial charge is 0.341 e. The van der Waals surface area contributed by atoms with Crippen molar-refractivity contribution < 1.29 is 36.6 Å². The monoisotopic (exact) mass is 488 g/mol. The molecule has 0 bridgehead atoms. The molecule has 1 aliphatic heterocycles. The maximum atomic E-state index is 14.1. The van der Waals surface area contributed by atoms with Gasteiger partial charge in [-0.3, -0.25) is 4.79 Å². The molecule has 3 aromatic rings. The van der Waals surface area contributed by atoms with Crippen LogP contribution < -0.4 is 14.2 Å². The highest BCUT2D eigenvalue weighted by atomic mass is 32.2. The van der Waals surface area contributed by atoms with E-state index in [1.807, 2.05) is 17.6 Å². The largest absolute Gasteiger partial charge is 0.454 e. The Morgan fingerprint density at radius 1 is 1.06 bits per heavy atom. The van der Waals surface area contributed by atoms with Gasteiger partial charge in [-0.15, -0.1) is 0 Å². The molecular weight excluding hydrogens is 467 g/mol. The average Bonchev–Trinajstić information content (AvgIpc) is 3.40. The van der Waals surface area contributed by atoms with Crippen molar-refractivity contribution in [3.63, 3.8) is 0 Å². The van der Waals surface area contributed by atoms with Crippen LogP contribution in [-0.4, -0.2) is 45.2 Å². The lowest BCUT2D eigenvalue weighted by Gasteiger charge is -2.11. The molecule has 0 spiro atoms. The van der Waals surface area contributed by atoms with Crippen molar-refractivity contribution in [2.24, 2.45) is 0 Å². The summed E-state index contributed by atoms with van der Waals surface area (Å²) in [5.74, 6) is -1.38. The van der Waals surface area contributed by atoms with E-state index in [1.165, 1.54) is 7.05 Å². The van der Waals surface area contributed by atoms with Crippen LogP contribution >= 0.6 is 0 Å². The third-order valence-corrected chi connectivity index (χ3v) is 6.83. The molecule has 4 rings (SSSR count). The van der Waals surface area contributed by atoms with E-state index >= 15 is 0 Å². The van der Waals surface area contributed by atoms with Gasteiger partial charge < -0.3 is 18.8 Å². The quantitative estimate of drug-likeness (QED) is 0.402. The number of ether oxygens (including phenoxy) is 3. The van der Waals surface area contributed by atoms with Crippen LogP contribution in [0.25, 0.3) is 5.69 Å². The molecule has 0 saturated carbocycles. The summed E-state index contributed by atoms with van der Waals surface area (Å²) < 4.78 is 57.7. The van der Waals surface area contributed by atoms with E-state index in [0.29, 0.717) is 22.8 Å². The van der Waals surface area contributed by atoms with Crippen LogP contribution in [0, 0.1) is 19.7 Å². The summed E-state index contributed by atoms with van der Waals surface area (Å²) in [6, 6.07) is 9.80. The molecule has 34 heavy (non-hydrogen) atoms. The lowest BCUT2D eigenvalue weighted by Crippen LogP contribution is -2.20. The van der Waals surface area contributed by atoms with Gasteiger partial charge in [-0.05, 0) is 57.3 Å². The minimum absolute atomic E-state index is 0.141. The summed E-state index contributed by atoms with van der Waals surface area (Å²) >= 11 is 0. The molecule has 2 heterocycles. The van der Waals surface area contributed by atoms with E-state index in [9.17, 15) is 22.4 Å². The van der Waals surface area contributed by atoms with Gasteiger partial charge in [0.25, 0.3) is 0 Å². The Bertz CT molecular complexity index is 1410. The zero-order valence-electron chi connectivity index (χ0n) is 18.5. The summed E-state index contributed by atoms with van der Waals surface area (Å²) in [7, 11) is -2.70. The molecule has 0 unspecified atom stereocenters. The molecule has 1 aliphatic rings. The molecule has 0 amide bonds. The second-order valence-corrected chi connectivity index (χ2v) is 9.39. The number of ketones is 1. The fourth-order valence-electron chi connectivity index (χ4n) is 3.70. The first-order chi connectivity index (χ1) is 16.1. The van der Waals surface area contributed by atoms with Gasteiger partial charge >= 0.3 is 5.97 Å². The highest BCUT2D eigenvalue weighted by molar-refractivity contribution is 7.89. The highest BCUT2D eigenvalue weighted by Gasteiger charge is 2.23. The number of nitrogens with zero attached hydrogens (tertiary/aromatic N) is 1. The van der Waals surface area contributed by atoms with Crippen molar-refractivity contribution in [3.05, 3.63) is 70.8 Å². The molecule has 0 aliphatic carbocycles. The molecule has 9 nitrogen and oxygen atoms in total. The van der Waals surface area contributed by atoms with Gasteiger partial charge in [0, 0.05) is 28.7 Å². The maximum absolute atomic E-state index is 14.1. The second-order valence-electron chi connectivity index (χ2n) is 7.51. The minimum atomic E-state index is -3.89. The van der Waals surface area contributed by atoms with Gasteiger partial charge in [0.05, 0.1) is 10.5 Å².